The number of carboxylic acid groups (broad SMARTS) is 1. The maximum atomic E-state index is 12.2. The Morgan fingerprint density at radius 3 is 2.19 bits per heavy atom. The van der Waals surface area contributed by atoms with Crippen LogP contribution in [0.4, 0.5) is 9.80 Å². The van der Waals surface area contributed by atoms with Crippen LogP contribution in [0.25, 0.3) is 0 Å². The summed E-state index contributed by atoms with van der Waals surface area (Å²) in [7, 11) is 1.48. The van der Waals surface area contributed by atoms with Gasteiger partial charge in [0.1, 0.15) is 10.6 Å². The highest BCUT2D eigenvalue weighted by atomic mass is 32.1. The van der Waals surface area contributed by atoms with E-state index in [2.05, 4.69) is 10.6 Å². The molecule has 0 radical (unpaired) electrons. The topological polar surface area (TPSA) is 108 Å². The van der Waals surface area contributed by atoms with Crippen molar-refractivity contribution in [2.75, 3.05) is 25.5 Å². The van der Waals surface area contributed by atoms with Crippen LogP contribution in [0.1, 0.15) is 60.2 Å². The third kappa shape index (κ3) is 5.70. The highest BCUT2D eigenvalue weighted by Gasteiger charge is 2.29. The molecule has 1 aromatic heterocycles. The molecule has 0 saturated heterocycles. The lowest BCUT2D eigenvalue weighted by Gasteiger charge is -2.20. The van der Waals surface area contributed by atoms with Gasteiger partial charge in [-0.3, -0.25) is 15.0 Å². The van der Waals surface area contributed by atoms with Crippen LogP contribution in [-0.4, -0.2) is 53.7 Å². The molecule has 26 heavy (non-hydrogen) atoms. The lowest BCUT2D eigenvalue weighted by molar-refractivity contribution is 0.0636. The van der Waals surface area contributed by atoms with E-state index in [4.69, 9.17) is 4.74 Å². The first-order chi connectivity index (χ1) is 12.0. The van der Waals surface area contributed by atoms with E-state index in [1.165, 1.54) is 7.05 Å². The lowest BCUT2D eigenvalue weighted by Crippen LogP contribution is -2.28. The van der Waals surface area contributed by atoms with Crippen LogP contribution in [0.15, 0.2) is 0 Å². The zero-order valence-electron chi connectivity index (χ0n) is 16.1. The molecule has 0 spiro atoms. The Labute approximate surface area is 157 Å². The first-order valence-electron chi connectivity index (χ1n) is 8.37. The van der Waals surface area contributed by atoms with Gasteiger partial charge in [0, 0.05) is 19.2 Å². The molecule has 0 aromatic carbocycles. The maximum Gasteiger partial charge on any atom is 0.412 e. The van der Waals surface area contributed by atoms with Crippen LogP contribution in [0.5, 0.6) is 0 Å². The normalized spacial score (nSPS) is 11.3. The number of hydrogen-bond acceptors (Lipinski definition) is 6. The third-order valence-corrected chi connectivity index (χ3v) is 4.69. The minimum atomic E-state index is -1.20. The van der Waals surface area contributed by atoms with Gasteiger partial charge in [0.05, 0.1) is 10.4 Å². The first kappa shape index (κ1) is 21.9. The Bertz CT molecular complexity index is 675. The summed E-state index contributed by atoms with van der Waals surface area (Å²) in [6.45, 7) is 10.7. The molecule has 9 heteroatoms. The van der Waals surface area contributed by atoms with Crippen molar-refractivity contribution in [3.8, 4) is 0 Å². The van der Waals surface area contributed by atoms with E-state index in [-0.39, 0.29) is 15.4 Å². The third-order valence-electron chi connectivity index (χ3n) is 3.54. The van der Waals surface area contributed by atoms with Gasteiger partial charge in [-0.2, -0.15) is 0 Å². The maximum absolute atomic E-state index is 12.2. The second kappa shape index (κ2) is 9.00. The summed E-state index contributed by atoms with van der Waals surface area (Å²) >= 11 is 0.933. The van der Waals surface area contributed by atoms with Gasteiger partial charge >= 0.3 is 12.1 Å². The van der Waals surface area contributed by atoms with Crippen molar-refractivity contribution in [1.29, 1.82) is 0 Å². The second-order valence-corrected chi connectivity index (χ2v) is 7.61. The number of ether oxygens (including phenoxy) is 1. The number of hydrogen-bond donors (Lipinski definition) is 3. The average Bonchev–Trinajstić information content (AvgIpc) is 2.87. The van der Waals surface area contributed by atoms with Crippen molar-refractivity contribution in [1.82, 2.24) is 10.2 Å². The van der Waals surface area contributed by atoms with Crippen LogP contribution >= 0.6 is 11.3 Å². The molecule has 0 aliphatic rings. The minimum absolute atomic E-state index is 0.0774. The van der Waals surface area contributed by atoms with Crippen molar-refractivity contribution in [3.05, 3.63) is 16.0 Å². The van der Waals surface area contributed by atoms with E-state index >= 15 is 0 Å². The highest BCUT2D eigenvalue weighted by molar-refractivity contribution is 7.18. The van der Waals surface area contributed by atoms with Crippen LogP contribution in [0.2, 0.25) is 0 Å². The summed E-state index contributed by atoms with van der Waals surface area (Å²) in [6, 6.07) is 0. The number of aromatic carboxylic acids is 1. The summed E-state index contributed by atoms with van der Waals surface area (Å²) in [4.78, 5) is 38.4. The fourth-order valence-corrected chi connectivity index (χ4v) is 3.43. The monoisotopic (exact) mass is 385 g/mol. The molecule has 3 N–H and O–H groups in total. The summed E-state index contributed by atoms with van der Waals surface area (Å²) in [6.07, 6.45) is -0.765. The molecule has 146 valence electrons. The molecule has 1 aromatic rings. The van der Waals surface area contributed by atoms with Gasteiger partial charge < -0.3 is 15.2 Å². The number of amides is 2. The lowest BCUT2D eigenvalue weighted by atomic mass is 10.1. The fourth-order valence-electron chi connectivity index (χ4n) is 2.29. The average molecular weight is 385 g/mol. The number of carbonyl (C=O) groups excluding carboxylic acids is 2. The van der Waals surface area contributed by atoms with E-state index in [1.54, 1.807) is 20.8 Å². The number of nitrogens with one attached hydrogen (secondary N) is 2. The summed E-state index contributed by atoms with van der Waals surface area (Å²) in [5, 5.41) is 14.8. The quantitative estimate of drug-likeness (QED) is 0.666. The van der Waals surface area contributed by atoms with Gasteiger partial charge in [-0.15, -0.1) is 11.3 Å². The van der Waals surface area contributed by atoms with Crippen LogP contribution < -0.4 is 10.6 Å². The second-order valence-electron chi connectivity index (χ2n) is 6.59. The van der Waals surface area contributed by atoms with Crippen LogP contribution in [-0.2, 0) is 11.3 Å². The molecule has 0 aliphatic carbocycles. The zero-order chi connectivity index (χ0) is 20.1. The molecule has 8 nitrogen and oxygen atoms in total. The minimum Gasteiger partial charge on any atom is -0.478 e. The summed E-state index contributed by atoms with van der Waals surface area (Å²) < 4.78 is 5.19. The van der Waals surface area contributed by atoms with E-state index < -0.39 is 23.6 Å². The number of carbonyl (C=O) groups is 3. The molecule has 0 aliphatic heterocycles. The van der Waals surface area contributed by atoms with Crippen molar-refractivity contribution in [3.63, 3.8) is 0 Å². The fraction of sp³-hybridized carbons (Fsp3) is 0.588. The molecule has 0 unspecified atom stereocenters. The Morgan fingerprint density at radius 1 is 1.19 bits per heavy atom. The van der Waals surface area contributed by atoms with Crippen LogP contribution in [0.3, 0.4) is 0 Å². The zero-order valence-corrected chi connectivity index (χ0v) is 16.9. The predicted octanol–water partition coefficient (Wildman–Crippen LogP) is 2.99. The standard InChI is InChI=1S/C17H27N3O5S/c1-7-20(8-2)9-10-11(15(22)23)14(26-12(10)13(21)18-6)19-16(24)25-17(3,4)5/h7-9H2,1-6H3,(H,18,21)(H,19,24)(H,22,23). The largest absolute Gasteiger partial charge is 0.478 e. The first-order valence-corrected chi connectivity index (χ1v) is 9.19. The number of anilines is 1. The van der Waals surface area contributed by atoms with Gasteiger partial charge in [0.2, 0.25) is 0 Å². The SMILES string of the molecule is CCN(CC)Cc1c(C(=O)NC)sc(NC(=O)OC(C)(C)C)c1C(=O)O. The molecular formula is C17H27N3O5S. The van der Waals surface area contributed by atoms with Crippen LogP contribution in [0, 0.1) is 0 Å². The number of rotatable bonds is 7. The molecule has 0 bridgehead atoms. The van der Waals surface area contributed by atoms with E-state index in [9.17, 15) is 19.5 Å². The molecule has 0 atom stereocenters. The van der Waals surface area contributed by atoms with Gasteiger partial charge in [-0.1, -0.05) is 13.8 Å². The molecule has 2 amide bonds. The van der Waals surface area contributed by atoms with Gasteiger partial charge in [0.25, 0.3) is 5.91 Å². The summed E-state index contributed by atoms with van der Waals surface area (Å²) in [5.41, 5.74) is -0.416. The van der Waals surface area contributed by atoms with Gasteiger partial charge in [-0.25, -0.2) is 9.59 Å². The van der Waals surface area contributed by atoms with Crippen molar-refractivity contribution in [2.45, 2.75) is 46.8 Å². The summed E-state index contributed by atoms with van der Waals surface area (Å²) in [5.74, 6) is -1.60. The number of thiophene rings is 1. The Kier molecular flexibility index (Phi) is 7.58. The molecule has 0 saturated carbocycles. The van der Waals surface area contributed by atoms with E-state index in [1.807, 2.05) is 18.7 Å². The van der Waals surface area contributed by atoms with E-state index in [0.717, 1.165) is 11.3 Å². The molecule has 1 heterocycles. The Morgan fingerprint density at radius 2 is 1.77 bits per heavy atom. The van der Waals surface area contributed by atoms with Gasteiger partial charge in [-0.05, 0) is 33.9 Å². The van der Waals surface area contributed by atoms with Crippen molar-refractivity contribution >= 4 is 34.3 Å². The molecular weight excluding hydrogens is 358 g/mol. The Balaban J connectivity index is 3.37. The smallest absolute Gasteiger partial charge is 0.412 e. The number of carboxylic acids is 1. The van der Waals surface area contributed by atoms with Crippen molar-refractivity contribution in [2.24, 2.45) is 0 Å². The number of nitrogens with zero attached hydrogens (tertiary/aromatic N) is 1. The van der Waals surface area contributed by atoms with Crippen molar-refractivity contribution < 1.29 is 24.2 Å². The Hall–Kier alpha value is -2.13. The predicted molar refractivity (Wildman–Crippen MR) is 101 cm³/mol. The molecule has 0 fully saturated rings. The highest BCUT2D eigenvalue weighted by Crippen LogP contribution is 2.35. The van der Waals surface area contributed by atoms with E-state index in [0.29, 0.717) is 25.2 Å². The van der Waals surface area contributed by atoms with Gasteiger partial charge in [0.15, 0.2) is 0 Å². The molecule has 1 rings (SSSR count).